The highest BCUT2D eigenvalue weighted by atomic mass is 16.4. The van der Waals surface area contributed by atoms with E-state index in [-0.39, 0.29) is 0 Å². The number of carboxylic acid groups (broad SMARTS) is 1. The molecule has 1 unspecified atom stereocenters. The second-order valence-corrected chi connectivity index (χ2v) is 4.62. The molecule has 0 saturated carbocycles. The first-order chi connectivity index (χ1) is 7.02. The molecule has 15 heavy (non-hydrogen) atoms. The molecule has 1 fully saturated rings. The Hall–Kier alpha value is -0.610. The van der Waals surface area contributed by atoms with Crippen molar-refractivity contribution in [2.75, 3.05) is 20.1 Å². The van der Waals surface area contributed by atoms with Crippen LogP contribution in [0.3, 0.4) is 0 Å². The summed E-state index contributed by atoms with van der Waals surface area (Å²) in [5.41, 5.74) is -0.705. The predicted molar refractivity (Wildman–Crippen MR) is 60.0 cm³/mol. The van der Waals surface area contributed by atoms with E-state index in [4.69, 9.17) is 0 Å². The van der Waals surface area contributed by atoms with Gasteiger partial charge in [-0.2, -0.15) is 0 Å². The number of carboxylic acids is 1. The van der Waals surface area contributed by atoms with Crippen molar-refractivity contribution in [2.45, 2.75) is 44.7 Å². The van der Waals surface area contributed by atoms with Crippen molar-refractivity contribution in [3.8, 4) is 0 Å². The number of likely N-dealkylation sites (N-methyl/N-ethyl adjacent to an activating group) is 1. The molecule has 0 bridgehead atoms. The van der Waals surface area contributed by atoms with Gasteiger partial charge in [-0.1, -0.05) is 0 Å². The summed E-state index contributed by atoms with van der Waals surface area (Å²) < 4.78 is 0. The number of rotatable bonds is 3. The van der Waals surface area contributed by atoms with E-state index in [0.29, 0.717) is 12.5 Å². The quantitative estimate of drug-likeness (QED) is 0.733. The highest BCUT2D eigenvalue weighted by Gasteiger charge is 2.38. The Bertz CT molecular complexity index is 231. The minimum Gasteiger partial charge on any atom is -0.480 e. The summed E-state index contributed by atoms with van der Waals surface area (Å²) in [6.45, 7) is 6.19. The van der Waals surface area contributed by atoms with Gasteiger partial charge in [-0.05, 0) is 46.7 Å². The van der Waals surface area contributed by atoms with E-state index >= 15 is 0 Å². The summed E-state index contributed by atoms with van der Waals surface area (Å²) >= 11 is 0. The van der Waals surface area contributed by atoms with Gasteiger partial charge in [0.25, 0.3) is 0 Å². The fourth-order valence-electron chi connectivity index (χ4n) is 2.24. The van der Waals surface area contributed by atoms with Crippen LogP contribution in [-0.4, -0.2) is 47.7 Å². The average molecular weight is 214 g/mol. The Kier molecular flexibility index (Phi) is 4.11. The number of nitrogens with zero attached hydrogens (tertiary/aromatic N) is 1. The maximum absolute atomic E-state index is 11.3. The molecule has 0 radical (unpaired) electrons. The molecule has 4 nitrogen and oxygen atoms in total. The summed E-state index contributed by atoms with van der Waals surface area (Å²) in [5.74, 6) is -0.712. The third-order valence-electron chi connectivity index (χ3n) is 3.49. The lowest BCUT2D eigenvalue weighted by molar-refractivity contribution is -0.145. The van der Waals surface area contributed by atoms with Crippen molar-refractivity contribution in [1.82, 2.24) is 10.2 Å². The van der Waals surface area contributed by atoms with Gasteiger partial charge in [-0.15, -0.1) is 0 Å². The maximum Gasteiger partial charge on any atom is 0.323 e. The summed E-state index contributed by atoms with van der Waals surface area (Å²) in [4.78, 5) is 13.6. The Balaban J connectivity index is 2.69. The molecule has 1 rings (SSSR count). The Labute approximate surface area is 91.6 Å². The van der Waals surface area contributed by atoms with Gasteiger partial charge < -0.3 is 15.3 Å². The third kappa shape index (κ3) is 2.69. The van der Waals surface area contributed by atoms with Crippen molar-refractivity contribution >= 4 is 5.97 Å². The largest absolute Gasteiger partial charge is 0.480 e. The van der Waals surface area contributed by atoms with Crippen LogP contribution in [0.5, 0.6) is 0 Å². The number of carbonyl (C=O) groups is 1. The molecule has 4 heteroatoms. The topological polar surface area (TPSA) is 52.6 Å². The zero-order valence-corrected chi connectivity index (χ0v) is 9.92. The summed E-state index contributed by atoms with van der Waals surface area (Å²) in [6, 6.07) is 0.506. The first-order valence-corrected chi connectivity index (χ1v) is 5.68. The van der Waals surface area contributed by atoms with Crippen LogP contribution in [0.2, 0.25) is 0 Å². The highest BCUT2D eigenvalue weighted by molar-refractivity contribution is 5.78. The van der Waals surface area contributed by atoms with Gasteiger partial charge in [0.2, 0.25) is 0 Å². The van der Waals surface area contributed by atoms with Crippen molar-refractivity contribution < 1.29 is 9.90 Å². The van der Waals surface area contributed by atoms with Crippen molar-refractivity contribution in [3.63, 3.8) is 0 Å². The van der Waals surface area contributed by atoms with Crippen LogP contribution < -0.4 is 5.32 Å². The minimum absolute atomic E-state index is 0.506. The lowest BCUT2D eigenvalue weighted by Crippen LogP contribution is -2.51. The van der Waals surface area contributed by atoms with E-state index in [2.05, 4.69) is 24.1 Å². The Morgan fingerprint density at radius 1 is 1.40 bits per heavy atom. The first-order valence-electron chi connectivity index (χ1n) is 5.68. The predicted octanol–water partition coefficient (Wildman–Crippen LogP) is 0.923. The lowest BCUT2D eigenvalue weighted by Gasteiger charge is -2.28. The maximum atomic E-state index is 11.3. The van der Waals surface area contributed by atoms with Gasteiger partial charge in [0.15, 0.2) is 0 Å². The van der Waals surface area contributed by atoms with Gasteiger partial charge in [0, 0.05) is 12.6 Å². The van der Waals surface area contributed by atoms with Gasteiger partial charge in [-0.25, -0.2) is 0 Å². The molecule has 0 aromatic heterocycles. The zero-order chi connectivity index (χ0) is 11.5. The highest BCUT2D eigenvalue weighted by Crippen LogP contribution is 2.23. The molecule has 1 heterocycles. The van der Waals surface area contributed by atoms with Crippen LogP contribution in [-0.2, 0) is 4.79 Å². The van der Waals surface area contributed by atoms with Crippen molar-refractivity contribution in [1.29, 1.82) is 0 Å². The summed E-state index contributed by atoms with van der Waals surface area (Å²) in [6.07, 6.45) is 2.37. The molecule has 1 aliphatic heterocycles. The van der Waals surface area contributed by atoms with Crippen LogP contribution in [0, 0.1) is 0 Å². The molecular weight excluding hydrogens is 192 g/mol. The number of hydrogen-bond acceptors (Lipinski definition) is 3. The van der Waals surface area contributed by atoms with Crippen LogP contribution in [0.4, 0.5) is 0 Å². The molecule has 1 saturated heterocycles. The van der Waals surface area contributed by atoms with E-state index in [1.165, 1.54) is 0 Å². The normalized spacial score (nSPS) is 29.1. The molecule has 1 atom stereocenters. The summed E-state index contributed by atoms with van der Waals surface area (Å²) in [7, 11) is 1.75. The van der Waals surface area contributed by atoms with Crippen LogP contribution in [0.1, 0.15) is 33.1 Å². The van der Waals surface area contributed by atoms with E-state index in [9.17, 15) is 9.90 Å². The van der Waals surface area contributed by atoms with Crippen LogP contribution in [0.25, 0.3) is 0 Å². The number of likely N-dealkylation sites (tertiary alicyclic amines) is 1. The molecule has 0 aliphatic carbocycles. The summed E-state index contributed by atoms with van der Waals surface area (Å²) in [5, 5.41) is 12.2. The van der Waals surface area contributed by atoms with Gasteiger partial charge in [0.1, 0.15) is 5.54 Å². The number of nitrogens with one attached hydrogen (secondary N) is 1. The smallest absolute Gasteiger partial charge is 0.323 e. The Morgan fingerprint density at radius 2 is 2.07 bits per heavy atom. The van der Waals surface area contributed by atoms with Gasteiger partial charge >= 0.3 is 5.97 Å². The van der Waals surface area contributed by atoms with Gasteiger partial charge in [0.05, 0.1) is 0 Å². The molecule has 0 spiro atoms. The first kappa shape index (κ1) is 12.5. The molecule has 88 valence electrons. The van der Waals surface area contributed by atoms with Gasteiger partial charge in [-0.3, -0.25) is 4.79 Å². The van der Waals surface area contributed by atoms with Crippen LogP contribution in [0.15, 0.2) is 0 Å². The SMILES string of the molecule is CNC1(C(=O)O)CCCN(C(C)C)CC1. The van der Waals surface area contributed by atoms with Crippen molar-refractivity contribution in [2.24, 2.45) is 0 Å². The molecule has 0 amide bonds. The minimum atomic E-state index is -0.712. The van der Waals surface area contributed by atoms with Crippen molar-refractivity contribution in [3.05, 3.63) is 0 Å². The fourth-order valence-corrected chi connectivity index (χ4v) is 2.24. The van der Waals surface area contributed by atoms with E-state index in [0.717, 1.165) is 25.9 Å². The third-order valence-corrected chi connectivity index (χ3v) is 3.49. The van der Waals surface area contributed by atoms with E-state index in [1.54, 1.807) is 7.05 Å². The molecular formula is C11H22N2O2. The van der Waals surface area contributed by atoms with E-state index < -0.39 is 11.5 Å². The second kappa shape index (κ2) is 4.94. The standard InChI is InChI=1S/C11H22N2O2/c1-9(2)13-7-4-5-11(12-3,6-8-13)10(14)15/h9,12H,4-8H2,1-3H3,(H,14,15). The Morgan fingerprint density at radius 3 is 2.53 bits per heavy atom. The molecule has 0 aromatic carbocycles. The number of hydrogen-bond donors (Lipinski definition) is 2. The second-order valence-electron chi connectivity index (χ2n) is 4.62. The lowest BCUT2D eigenvalue weighted by atomic mass is 9.91. The van der Waals surface area contributed by atoms with E-state index in [1.807, 2.05) is 0 Å². The number of aliphatic carboxylic acids is 1. The average Bonchev–Trinajstić information content (AvgIpc) is 2.40. The monoisotopic (exact) mass is 214 g/mol. The zero-order valence-electron chi connectivity index (χ0n) is 9.92. The fraction of sp³-hybridized carbons (Fsp3) is 0.909. The molecule has 0 aromatic rings. The molecule has 1 aliphatic rings. The van der Waals surface area contributed by atoms with Crippen LogP contribution >= 0.6 is 0 Å². The molecule has 2 N–H and O–H groups in total.